The van der Waals surface area contributed by atoms with Crippen LogP contribution in [-0.2, 0) is 22.4 Å². The Labute approximate surface area is 150 Å². The number of aryl methyl sites for hydroxylation is 2. The fraction of sp³-hybridized carbons (Fsp3) is 0.200. The van der Waals surface area contributed by atoms with Crippen LogP contribution < -0.4 is 0 Å². The number of fused-ring (bicyclic) bond motifs is 1. The molecular weight excluding hydrogens is 334 g/mol. The van der Waals surface area contributed by atoms with Gasteiger partial charge in [-0.15, -0.1) is 0 Å². The van der Waals surface area contributed by atoms with Crippen LogP contribution in [0, 0.1) is 10.1 Å². The number of ketones is 1. The zero-order valence-corrected chi connectivity index (χ0v) is 14.0. The molecule has 2 aromatic carbocycles. The number of carbonyl (C=O) groups excluding carboxylic acids is 2. The Balaban J connectivity index is 1.53. The monoisotopic (exact) mass is 351 g/mol. The number of non-ortho nitro benzene ring substituents is 1. The summed E-state index contributed by atoms with van der Waals surface area (Å²) in [5.41, 5.74) is 3.63. The predicted octanol–water partition coefficient (Wildman–Crippen LogP) is 3.52. The molecule has 0 N–H and O–H groups in total. The van der Waals surface area contributed by atoms with Gasteiger partial charge >= 0.3 is 5.97 Å². The van der Waals surface area contributed by atoms with Crippen molar-refractivity contribution < 1.29 is 19.2 Å². The van der Waals surface area contributed by atoms with Gasteiger partial charge < -0.3 is 4.74 Å². The lowest BCUT2D eigenvalue weighted by atomic mass is 10.0. The minimum absolute atomic E-state index is 0.0235. The molecule has 6 heteroatoms. The fourth-order valence-electron chi connectivity index (χ4n) is 2.88. The number of rotatable bonds is 6. The Hall–Kier alpha value is -3.28. The average molecular weight is 351 g/mol. The van der Waals surface area contributed by atoms with E-state index in [-0.39, 0.29) is 18.1 Å². The zero-order valence-electron chi connectivity index (χ0n) is 14.0. The molecule has 2 aromatic rings. The van der Waals surface area contributed by atoms with Gasteiger partial charge in [-0.05, 0) is 60.2 Å². The molecule has 0 atom stereocenters. The summed E-state index contributed by atoms with van der Waals surface area (Å²) >= 11 is 0. The van der Waals surface area contributed by atoms with Gasteiger partial charge in [-0.25, -0.2) is 4.79 Å². The second kappa shape index (κ2) is 7.74. The maximum absolute atomic E-state index is 12.2. The van der Waals surface area contributed by atoms with E-state index in [1.807, 2.05) is 12.1 Å². The Morgan fingerprint density at radius 3 is 2.54 bits per heavy atom. The first-order chi connectivity index (χ1) is 12.5. The molecule has 0 radical (unpaired) electrons. The number of carbonyl (C=O) groups is 2. The van der Waals surface area contributed by atoms with Crippen molar-refractivity contribution in [2.75, 3.05) is 6.61 Å². The van der Waals surface area contributed by atoms with Gasteiger partial charge in [0.1, 0.15) is 0 Å². The molecule has 0 amide bonds. The molecule has 0 saturated heterocycles. The fourth-order valence-corrected chi connectivity index (χ4v) is 2.88. The van der Waals surface area contributed by atoms with Crippen LogP contribution >= 0.6 is 0 Å². The average Bonchev–Trinajstić information content (AvgIpc) is 3.12. The number of nitro benzene ring substituents is 1. The minimum atomic E-state index is -0.641. The van der Waals surface area contributed by atoms with Crippen molar-refractivity contribution in [1.82, 2.24) is 0 Å². The Kier molecular flexibility index (Phi) is 5.22. The Morgan fingerprint density at radius 2 is 1.81 bits per heavy atom. The van der Waals surface area contributed by atoms with Gasteiger partial charge in [0.2, 0.25) is 0 Å². The van der Waals surface area contributed by atoms with Crippen LogP contribution in [0.5, 0.6) is 0 Å². The molecule has 0 spiro atoms. The van der Waals surface area contributed by atoms with E-state index in [4.69, 9.17) is 4.74 Å². The van der Waals surface area contributed by atoms with Crippen LogP contribution in [0.4, 0.5) is 5.69 Å². The number of hydrogen-bond acceptors (Lipinski definition) is 5. The lowest BCUT2D eigenvalue weighted by Crippen LogP contribution is -2.12. The van der Waals surface area contributed by atoms with Crippen LogP contribution in [0.3, 0.4) is 0 Å². The van der Waals surface area contributed by atoms with E-state index in [1.54, 1.807) is 6.07 Å². The molecule has 6 nitrogen and oxygen atoms in total. The van der Waals surface area contributed by atoms with Crippen LogP contribution in [0.1, 0.15) is 33.5 Å². The quantitative estimate of drug-likeness (QED) is 0.261. The number of nitro groups is 1. The van der Waals surface area contributed by atoms with Crippen LogP contribution in [0.25, 0.3) is 6.08 Å². The third kappa shape index (κ3) is 4.22. The highest BCUT2D eigenvalue weighted by atomic mass is 16.6. The molecule has 3 rings (SSSR count). The molecular formula is C20H17NO5. The molecule has 0 aromatic heterocycles. The minimum Gasteiger partial charge on any atom is -0.454 e. The standard InChI is InChI=1S/C20H17NO5/c22-19(17-8-7-15-2-1-3-16(15)12-17)13-26-20(23)11-6-14-4-9-18(10-5-14)21(24)25/h4-12H,1-3,13H2/b11-6+. The first kappa shape index (κ1) is 17.5. The molecule has 0 fully saturated rings. The Bertz CT molecular complexity index is 884. The number of ether oxygens (including phenoxy) is 1. The number of Topliss-reactive ketones (excluding diaryl/α,β-unsaturated/α-hetero) is 1. The molecule has 1 aliphatic rings. The van der Waals surface area contributed by atoms with Crippen molar-refractivity contribution in [2.24, 2.45) is 0 Å². The molecule has 132 valence electrons. The molecule has 26 heavy (non-hydrogen) atoms. The van der Waals surface area contributed by atoms with E-state index in [0.29, 0.717) is 11.1 Å². The van der Waals surface area contributed by atoms with Crippen LogP contribution in [-0.4, -0.2) is 23.3 Å². The summed E-state index contributed by atoms with van der Waals surface area (Å²) in [6.07, 6.45) is 5.80. The topological polar surface area (TPSA) is 86.5 Å². The molecule has 0 aliphatic heterocycles. The third-order valence-corrected chi connectivity index (χ3v) is 4.28. The summed E-state index contributed by atoms with van der Waals surface area (Å²) in [4.78, 5) is 34.0. The van der Waals surface area contributed by atoms with Crippen molar-refractivity contribution in [1.29, 1.82) is 0 Å². The van der Waals surface area contributed by atoms with E-state index >= 15 is 0 Å². The molecule has 0 bridgehead atoms. The number of benzene rings is 2. The highest BCUT2D eigenvalue weighted by Gasteiger charge is 2.14. The molecule has 0 unspecified atom stereocenters. The molecule has 1 aliphatic carbocycles. The van der Waals surface area contributed by atoms with Gasteiger partial charge in [-0.3, -0.25) is 14.9 Å². The van der Waals surface area contributed by atoms with Crippen LogP contribution in [0.2, 0.25) is 0 Å². The summed E-state index contributed by atoms with van der Waals surface area (Å²) in [5.74, 6) is -0.880. The third-order valence-electron chi connectivity index (χ3n) is 4.28. The highest BCUT2D eigenvalue weighted by Crippen LogP contribution is 2.23. The second-order valence-corrected chi connectivity index (χ2v) is 6.05. The van der Waals surface area contributed by atoms with E-state index < -0.39 is 10.9 Å². The lowest BCUT2D eigenvalue weighted by molar-refractivity contribution is -0.384. The predicted molar refractivity (Wildman–Crippen MR) is 95.9 cm³/mol. The van der Waals surface area contributed by atoms with Crippen molar-refractivity contribution in [3.8, 4) is 0 Å². The first-order valence-corrected chi connectivity index (χ1v) is 8.27. The van der Waals surface area contributed by atoms with Gasteiger partial charge in [0.25, 0.3) is 5.69 Å². The second-order valence-electron chi connectivity index (χ2n) is 6.05. The van der Waals surface area contributed by atoms with Gasteiger partial charge in [-0.2, -0.15) is 0 Å². The van der Waals surface area contributed by atoms with Crippen molar-refractivity contribution in [3.63, 3.8) is 0 Å². The van der Waals surface area contributed by atoms with Gasteiger partial charge in [-0.1, -0.05) is 12.1 Å². The van der Waals surface area contributed by atoms with Crippen molar-refractivity contribution >= 4 is 23.5 Å². The number of hydrogen-bond donors (Lipinski definition) is 0. The maximum atomic E-state index is 12.2. The first-order valence-electron chi connectivity index (χ1n) is 8.27. The van der Waals surface area contributed by atoms with E-state index in [0.717, 1.165) is 19.3 Å². The van der Waals surface area contributed by atoms with Gasteiger partial charge in [0.05, 0.1) is 4.92 Å². The highest BCUT2D eigenvalue weighted by molar-refractivity contribution is 5.99. The van der Waals surface area contributed by atoms with E-state index in [2.05, 4.69) is 0 Å². The normalized spacial score (nSPS) is 12.8. The zero-order chi connectivity index (χ0) is 18.5. The summed E-state index contributed by atoms with van der Waals surface area (Å²) in [6, 6.07) is 11.4. The summed E-state index contributed by atoms with van der Waals surface area (Å²) in [5, 5.41) is 10.6. The smallest absolute Gasteiger partial charge is 0.331 e. The number of nitrogens with zero attached hydrogens (tertiary/aromatic N) is 1. The van der Waals surface area contributed by atoms with Gasteiger partial charge in [0, 0.05) is 23.8 Å². The molecule has 0 saturated carbocycles. The van der Waals surface area contributed by atoms with Gasteiger partial charge in [0.15, 0.2) is 12.4 Å². The largest absolute Gasteiger partial charge is 0.454 e. The van der Waals surface area contributed by atoms with E-state index in [9.17, 15) is 19.7 Å². The van der Waals surface area contributed by atoms with Crippen LogP contribution in [0.15, 0.2) is 48.5 Å². The summed E-state index contributed by atoms with van der Waals surface area (Å²) in [6.45, 7) is -0.317. The Morgan fingerprint density at radius 1 is 1.08 bits per heavy atom. The van der Waals surface area contributed by atoms with Crippen molar-refractivity contribution in [2.45, 2.75) is 19.3 Å². The van der Waals surface area contributed by atoms with E-state index in [1.165, 1.54) is 47.5 Å². The van der Waals surface area contributed by atoms with Crippen molar-refractivity contribution in [3.05, 3.63) is 80.9 Å². The lowest BCUT2D eigenvalue weighted by Gasteiger charge is -2.05. The maximum Gasteiger partial charge on any atom is 0.331 e. The number of esters is 1. The summed E-state index contributed by atoms with van der Waals surface area (Å²) < 4.78 is 4.98. The SMILES string of the molecule is O=C(/C=C/c1ccc([N+](=O)[O-])cc1)OCC(=O)c1ccc2c(c1)CCC2. The molecule has 0 heterocycles. The summed E-state index contributed by atoms with van der Waals surface area (Å²) in [7, 11) is 0.